The molecule has 1 unspecified atom stereocenters. The zero-order chi connectivity index (χ0) is 12.6. The van der Waals surface area contributed by atoms with E-state index in [0.29, 0.717) is 25.3 Å². The van der Waals surface area contributed by atoms with Gasteiger partial charge in [-0.15, -0.1) is 0 Å². The molecular weight excluding hydrogens is 257 g/mol. The average molecular weight is 276 g/mol. The van der Waals surface area contributed by atoms with Gasteiger partial charge in [-0.05, 0) is 38.8 Å². The van der Waals surface area contributed by atoms with Gasteiger partial charge in [-0.2, -0.15) is 0 Å². The summed E-state index contributed by atoms with van der Waals surface area (Å²) in [5.41, 5.74) is 0. The summed E-state index contributed by atoms with van der Waals surface area (Å²) in [7, 11) is -4.51. The molecule has 0 saturated heterocycles. The molecule has 17 heavy (non-hydrogen) atoms. The number of hydrogen-bond acceptors (Lipinski definition) is 6. The van der Waals surface area contributed by atoms with E-state index in [1.54, 1.807) is 7.05 Å². The Morgan fingerprint density at radius 1 is 1.29 bits per heavy atom. The standard InChI is InChI=1S/C8H20NO5SSi.Li/c1-9-8(5-3-7-16(13)14)4-2-6-15(10,11)12;/h8-9,13-14H,2-7H2,1H3,(H,10,11,12);/q;+1/p-1. The van der Waals surface area contributed by atoms with Crippen molar-refractivity contribution in [3.63, 3.8) is 0 Å². The van der Waals surface area contributed by atoms with Crippen LogP contribution in [0.15, 0.2) is 0 Å². The molecule has 0 aliphatic carbocycles. The van der Waals surface area contributed by atoms with Gasteiger partial charge in [-0.1, -0.05) is 0 Å². The summed E-state index contributed by atoms with van der Waals surface area (Å²) < 4.78 is 31.1. The zero-order valence-electron chi connectivity index (χ0n) is 10.3. The van der Waals surface area contributed by atoms with Crippen LogP contribution in [0.25, 0.3) is 0 Å². The minimum atomic E-state index is -4.11. The van der Waals surface area contributed by atoms with Crippen LogP contribution < -0.4 is 24.2 Å². The van der Waals surface area contributed by atoms with Crippen molar-refractivity contribution in [2.24, 2.45) is 0 Å². The van der Waals surface area contributed by atoms with Crippen LogP contribution in [0.5, 0.6) is 0 Å². The van der Waals surface area contributed by atoms with Gasteiger partial charge in [0.05, 0.1) is 10.1 Å². The van der Waals surface area contributed by atoms with Crippen LogP contribution in [-0.4, -0.2) is 50.7 Å². The third kappa shape index (κ3) is 14.5. The van der Waals surface area contributed by atoms with Crippen LogP contribution in [0, 0.1) is 0 Å². The van der Waals surface area contributed by atoms with E-state index in [9.17, 15) is 13.0 Å². The number of hydrogen-bond donors (Lipinski definition) is 3. The largest absolute Gasteiger partial charge is 1.00 e. The maximum Gasteiger partial charge on any atom is 1.00 e. The number of rotatable bonds is 9. The summed E-state index contributed by atoms with van der Waals surface area (Å²) in [6, 6.07) is 0.533. The van der Waals surface area contributed by atoms with Crippen LogP contribution in [0.2, 0.25) is 6.04 Å². The van der Waals surface area contributed by atoms with Crippen molar-refractivity contribution in [1.29, 1.82) is 0 Å². The van der Waals surface area contributed by atoms with Gasteiger partial charge in [0.25, 0.3) is 0 Å². The predicted octanol–water partition coefficient (Wildman–Crippen LogP) is -3.84. The molecule has 0 spiro atoms. The molecule has 0 aromatic heterocycles. The maximum absolute atomic E-state index is 10.4. The summed E-state index contributed by atoms with van der Waals surface area (Å²) in [4.78, 5) is 17.5. The monoisotopic (exact) mass is 276 g/mol. The van der Waals surface area contributed by atoms with Gasteiger partial charge in [-0.3, -0.25) is 0 Å². The predicted molar refractivity (Wildman–Crippen MR) is 60.9 cm³/mol. The van der Waals surface area contributed by atoms with Gasteiger partial charge in [0.15, 0.2) is 0 Å². The van der Waals surface area contributed by atoms with Crippen LogP contribution in [0.1, 0.15) is 25.7 Å². The molecule has 0 amide bonds. The molecule has 0 fully saturated rings. The Hall–Kier alpha value is 0.604. The van der Waals surface area contributed by atoms with Crippen LogP contribution in [0.4, 0.5) is 0 Å². The van der Waals surface area contributed by atoms with Gasteiger partial charge < -0.3 is 19.5 Å². The minimum absolute atomic E-state index is 0. The molecule has 0 heterocycles. The Labute approximate surface area is 117 Å². The molecule has 0 aliphatic heterocycles. The smallest absolute Gasteiger partial charge is 0.748 e. The molecular formula is C8H19LiNO5SSi. The van der Waals surface area contributed by atoms with E-state index in [1.807, 2.05) is 0 Å². The fraction of sp³-hybridized carbons (Fsp3) is 1.00. The van der Waals surface area contributed by atoms with E-state index in [-0.39, 0.29) is 30.7 Å². The second kappa shape index (κ2) is 10.5. The molecule has 1 radical (unpaired) electrons. The van der Waals surface area contributed by atoms with E-state index >= 15 is 0 Å². The van der Waals surface area contributed by atoms with Crippen molar-refractivity contribution in [3.05, 3.63) is 0 Å². The first-order chi connectivity index (χ1) is 7.35. The summed E-state index contributed by atoms with van der Waals surface area (Å²) in [6.07, 6.45) is 2.39. The van der Waals surface area contributed by atoms with E-state index in [1.165, 1.54) is 0 Å². The van der Waals surface area contributed by atoms with Crippen molar-refractivity contribution in [3.8, 4) is 0 Å². The molecule has 0 aromatic rings. The molecule has 0 bridgehead atoms. The summed E-state index contributed by atoms with van der Waals surface area (Å²) in [5, 5.41) is 3.01. The SMILES string of the molecule is CNC(CCC[Si](O)O)CCCS(=O)(=O)[O-].[Li+]. The van der Waals surface area contributed by atoms with Crippen molar-refractivity contribution in [2.75, 3.05) is 12.8 Å². The van der Waals surface area contributed by atoms with Crippen molar-refractivity contribution >= 4 is 19.4 Å². The normalized spacial score (nSPS) is 13.5. The molecule has 3 N–H and O–H groups in total. The molecule has 0 rings (SSSR count). The Bertz CT molecular complexity index is 275. The van der Waals surface area contributed by atoms with E-state index in [2.05, 4.69) is 5.32 Å². The second-order valence-corrected chi connectivity index (χ2v) is 6.55. The van der Waals surface area contributed by atoms with Crippen LogP contribution in [0.3, 0.4) is 0 Å². The fourth-order valence-electron chi connectivity index (χ4n) is 1.45. The summed E-state index contributed by atoms with van der Waals surface area (Å²) >= 11 is 0. The second-order valence-electron chi connectivity index (χ2n) is 3.70. The van der Waals surface area contributed by atoms with Gasteiger partial charge >= 0.3 is 28.1 Å². The third-order valence-corrected chi connectivity index (χ3v) is 3.90. The molecule has 1 atom stereocenters. The topological polar surface area (TPSA) is 110 Å². The van der Waals surface area contributed by atoms with Gasteiger partial charge in [0, 0.05) is 11.8 Å². The van der Waals surface area contributed by atoms with E-state index in [0.717, 1.165) is 6.42 Å². The molecule has 9 heteroatoms. The van der Waals surface area contributed by atoms with Crippen LogP contribution >= 0.6 is 0 Å². The van der Waals surface area contributed by atoms with Gasteiger partial charge in [0.1, 0.15) is 0 Å². The van der Waals surface area contributed by atoms with Crippen molar-refractivity contribution in [2.45, 2.75) is 37.8 Å². The fourth-order valence-corrected chi connectivity index (χ4v) is 2.49. The van der Waals surface area contributed by atoms with Gasteiger partial charge in [0.2, 0.25) is 0 Å². The molecule has 0 aromatic carbocycles. The molecule has 6 nitrogen and oxygen atoms in total. The maximum atomic E-state index is 10.4. The zero-order valence-corrected chi connectivity index (χ0v) is 12.2. The van der Waals surface area contributed by atoms with Crippen LogP contribution in [-0.2, 0) is 10.1 Å². The summed E-state index contributed by atoms with van der Waals surface area (Å²) in [5.74, 6) is -0.333. The van der Waals surface area contributed by atoms with E-state index in [4.69, 9.17) is 9.59 Å². The quantitative estimate of drug-likeness (QED) is 0.294. The third-order valence-electron chi connectivity index (χ3n) is 2.31. The Morgan fingerprint density at radius 3 is 2.24 bits per heavy atom. The first-order valence-electron chi connectivity index (χ1n) is 5.19. The van der Waals surface area contributed by atoms with Gasteiger partial charge in [-0.25, -0.2) is 8.42 Å². The first-order valence-corrected chi connectivity index (χ1v) is 8.37. The Morgan fingerprint density at radius 2 is 1.82 bits per heavy atom. The Kier molecular flexibility index (Phi) is 12.3. The minimum Gasteiger partial charge on any atom is -0.748 e. The Balaban J connectivity index is 0. The molecule has 97 valence electrons. The van der Waals surface area contributed by atoms with Crippen molar-refractivity contribution in [1.82, 2.24) is 5.32 Å². The van der Waals surface area contributed by atoms with Crippen molar-refractivity contribution < 1.29 is 41.4 Å². The summed E-state index contributed by atoms with van der Waals surface area (Å²) in [6.45, 7) is 0. The first kappa shape index (κ1) is 19.9. The number of nitrogens with one attached hydrogen (secondary N) is 1. The average Bonchev–Trinajstić information content (AvgIpc) is 2.13. The molecule has 0 saturated carbocycles. The molecule has 0 aliphatic rings. The van der Waals surface area contributed by atoms with E-state index < -0.39 is 19.4 Å².